The summed E-state index contributed by atoms with van der Waals surface area (Å²) in [5.74, 6) is -0.0770. The van der Waals surface area contributed by atoms with Crippen molar-refractivity contribution in [3.05, 3.63) is 30.1 Å². The van der Waals surface area contributed by atoms with E-state index in [0.29, 0.717) is 31.8 Å². The van der Waals surface area contributed by atoms with Gasteiger partial charge in [0.05, 0.1) is 12.7 Å². The molecule has 164 valence electrons. The lowest BCUT2D eigenvalue weighted by molar-refractivity contribution is -0.148. The van der Waals surface area contributed by atoms with Crippen LogP contribution in [-0.4, -0.2) is 49.4 Å². The van der Waals surface area contributed by atoms with Gasteiger partial charge in [0.2, 0.25) is 0 Å². The standard InChI is InChI=1S/C22H33FO6/c1-3-28-22(26)16-27-14-5-4-7-18(17(2)24)8-6-9-20(25)15-29-21-12-10-19(23)11-13-21/h10-13,18,20,25H,3-9,14-16H2,1-2H3. The molecule has 0 radical (unpaired) electrons. The van der Waals surface area contributed by atoms with E-state index in [1.165, 1.54) is 24.3 Å². The van der Waals surface area contributed by atoms with Gasteiger partial charge in [-0.3, -0.25) is 4.79 Å². The van der Waals surface area contributed by atoms with Crippen molar-refractivity contribution in [2.45, 2.75) is 58.5 Å². The Balaban J connectivity index is 2.14. The first-order valence-electron chi connectivity index (χ1n) is 10.2. The summed E-state index contributed by atoms with van der Waals surface area (Å²) < 4.78 is 28.3. The summed E-state index contributed by atoms with van der Waals surface area (Å²) in [7, 11) is 0. The maximum atomic E-state index is 12.8. The smallest absolute Gasteiger partial charge is 0.332 e. The van der Waals surface area contributed by atoms with Gasteiger partial charge in [0.25, 0.3) is 0 Å². The molecule has 29 heavy (non-hydrogen) atoms. The van der Waals surface area contributed by atoms with Crippen LogP contribution in [0.25, 0.3) is 0 Å². The number of aliphatic hydroxyl groups excluding tert-OH is 1. The van der Waals surface area contributed by atoms with Crippen LogP contribution >= 0.6 is 0 Å². The number of hydrogen-bond acceptors (Lipinski definition) is 6. The first kappa shape index (κ1) is 25.0. The van der Waals surface area contributed by atoms with Crippen molar-refractivity contribution in [2.24, 2.45) is 5.92 Å². The van der Waals surface area contributed by atoms with E-state index >= 15 is 0 Å². The van der Waals surface area contributed by atoms with E-state index in [1.807, 2.05) is 0 Å². The second kappa shape index (κ2) is 14.9. The fourth-order valence-corrected chi connectivity index (χ4v) is 2.91. The van der Waals surface area contributed by atoms with Crippen molar-refractivity contribution in [2.75, 3.05) is 26.4 Å². The summed E-state index contributed by atoms with van der Waals surface area (Å²) in [6.07, 6.45) is 3.71. The maximum Gasteiger partial charge on any atom is 0.332 e. The highest BCUT2D eigenvalue weighted by atomic mass is 19.1. The fourth-order valence-electron chi connectivity index (χ4n) is 2.91. The molecule has 6 nitrogen and oxygen atoms in total. The van der Waals surface area contributed by atoms with Gasteiger partial charge < -0.3 is 19.3 Å². The van der Waals surface area contributed by atoms with Crippen molar-refractivity contribution in [1.29, 1.82) is 0 Å². The van der Waals surface area contributed by atoms with Gasteiger partial charge in [-0.15, -0.1) is 0 Å². The monoisotopic (exact) mass is 412 g/mol. The molecule has 2 unspecified atom stereocenters. The molecule has 1 aromatic carbocycles. The minimum absolute atomic E-state index is 0.0368. The zero-order valence-corrected chi connectivity index (χ0v) is 17.4. The lowest BCUT2D eigenvalue weighted by atomic mass is 9.92. The highest BCUT2D eigenvalue weighted by molar-refractivity contribution is 5.78. The molecule has 0 aliphatic carbocycles. The molecule has 7 heteroatoms. The molecule has 2 atom stereocenters. The second-order valence-corrected chi connectivity index (χ2v) is 7.01. The topological polar surface area (TPSA) is 82.1 Å². The molecule has 0 fully saturated rings. The number of Topliss-reactive ketones (excluding diaryl/α,β-unsaturated/α-hetero) is 1. The zero-order chi connectivity index (χ0) is 21.5. The Hall–Kier alpha value is -1.99. The van der Waals surface area contributed by atoms with Crippen LogP contribution in [0, 0.1) is 11.7 Å². The summed E-state index contributed by atoms with van der Waals surface area (Å²) in [6, 6.07) is 5.65. The van der Waals surface area contributed by atoms with E-state index in [4.69, 9.17) is 14.2 Å². The van der Waals surface area contributed by atoms with Gasteiger partial charge in [-0.2, -0.15) is 0 Å². The van der Waals surface area contributed by atoms with Gasteiger partial charge in [-0.05, 0) is 63.8 Å². The van der Waals surface area contributed by atoms with Gasteiger partial charge in [-0.1, -0.05) is 12.8 Å². The number of benzene rings is 1. The van der Waals surface area contributed by atoms with E-state index in [1.54, 1.807) is 13.8 Å². The zero-order valence-electron chi connectivity index (χ0n) is 17.4. The highest BCUT2D eigenvalue weighted by Crippen LogP contribution is 2.19. The van der Waals surface area contributed by atoms with Crippen molar-refractivity contribution in [3.63, 3.8) is 0 Å². The quantitative estimate of drug-likeness (QED) is 0.329. The number of halogens is 1. The molecular weight excluding hydrogens is 379 g/mol. The molecule has 0 bridgehead atoms. The van der Waals surface area contributed by atoms with Crippen LogP contribution < -0.4 is 4.74 Å². The third kappa shape index (κ3) is 12.2. The molecular formula is C22H33FO6. The Kier molecular flexibility index (Phi) is 12.9. The number of carbonyl (C=O) groups excluding carboxylic acids is 2. The van der Waals surface area contributed by atoms with Crippen molar-refractivity contribution < 1.29 is 33.3 Å². The SMILES string of the molecule is CCOC(=O)COCCCCC(CCCC(O)COc1ccc(F)cc1)C(C)=O. The normalized spacial score (nSPS) is 13.0. The first-order chi connectivity index (χ1) is 13.9. The Morgan fingerprint density at radius 2 is 1.76 bits per heavy atom. The number of aliphatic hydroxyl groups is 1. The van der Waals surface area contributed by atoms with Gasteiger partial charge in [0, 0.05) is 12.5 Å². The number of rotatable bonds is 16. The highest BCUT2D eigenvalue weighted by Gasteiger charge is 2.15. The lowest BCUT2D eigenvalue weighted by Crippen LogP contribution is -2.19. The number of ether oxygens (including phenoxy) is 3. The van der Waals surface area contributed by atoms with E-state index in [2.05, 4.69) is 0 Å². The molecule has 0 heterocycles. The molecule has 0 aliphatic rings. The van der Waals surface area contributed by atoms with Gasteiger partial charge in [0.1, 0.15) is 30.6 Å². The van der Waals surface area contributed by atoms with E-state index in [9.17, 15) is 19.1 Å². The number of carbonyl (C=O) groups is 2. The molecule has 0 saturated carbocycles. The molecule has 0 amide bonds. The molecule has 1 rings (SSSR count). The number of unbranched alkanes of at least 4 members (excludes halogenated alkanes) is 1. The van der Waals surface area contributed by atoms with Crippen LogP contribution in [0.2, 0.25) is 0 Å². The second-order valence-electron chi connectivity index (χ2n) is 7.01. The van der Waals surface area contributed by atoms with Crippen LogP contribution in [0.3, 0.4) is 0 Å². The van der Waals surface area contributed by atoms with Crippen molar-refractivity contribution in [1.82, 2.24) is 0 Å². The average Bonchev–Trinajstić information content (AvgIpc) is 2.68. The number of esters is 1. The van der Waals surface area contributed by atoms with E-state index in [0.717, 1.165) is 25.7 Å². The Bertz CT molecular complexity index is 589. The summed E-state index contributed by atoms with van der Waals surface area (Å²) in [6.45, 7) is 4.24. The molecule has 0 spiro atoms. The maximum absolute atomic E-state index is 12.8. The van der Waals surface area contributed by atoms with Gasteiger partial charge >= 0.3 is 5.97 Å². The van der Waals surface area contributed by atoms with Crippen molar-refractivity contribution >= 4 is 11.8 Å². The number of ketones is 1. The third-order valence-electron chi connectivity index (χ3n) is 4.54. The molecule has 1 N–H and O–H groups in total. The summed E-state index contributed by atoms with van der Waals surface area (Å²) in [5, 5.41) is 10.0. The lowest BCUT2D eigenvalue weighted by Gasteiger charge is -2.16. The molecule has 0 aromatic heterocycles. The van der Waals surface area contributed by atoms with Gasteiger partial charge in [0.15, 0.2) is 0 Å². The van der Waals surface area contributed by atoms with Crippen LogP contribution in [0.5, 0.6) is 5.75 Å². The first-order valence-corrected chi connectivity index (χ1v) is 10.2. The Labute approximate surface area is 172 Å². The predicted molar refractivity (Wildman–Crippen MR) is 107 cm³/mol. The largest absolute Gasteiger partial charge is 0.491 e. The predicted octanol–water partition coefficient (Wildman–Crippen LogP) is 3.69. The molecule has 1 aromatic rings. The fraction of sp³-hybridized carbons (Fsp3) is 0.636. The van der Waals surface area contributed by atoms with Crippen LogP contribution in [0.15, 0.2) is 24.3 Å². The summed E-state index contributed by atoms with van der Waals surface area (Å²) in [4.78, 5) is 23.0. The van der Waals surface area contributed by atoms with Crippen LogP contribution in [0.1, 0.15) is 52.4 Å². The summed E-state index contributed by atoms with van der Waals surface area (Å²) >= 11 is 0. The van der Waals surface area contributed by atoms with E-state index < -0.39 is 6.10 Å². The van der Waals surface area contributed by atoms with Crippen LogP contribution in [-0.2, 0) is 19.1 Å². The Morgan fingerprint density at radius 1 is 1.07 bits per heavy atom. The minimum Gasteiger partial charge on any atom is -0.491 e. The molecule has 0 saturated heterocycles. The summed E-state index contributed by atoms with van der Waals surface area (Å²) in [5.41, 5.74) is 0. The average molecular weight is 412 g/mol. The minimum atomic E-state index is -0.635. The van der Waals surface area contributed by atoms with Gasteiger partial charge in [-0.25, -0.2) is 9.18 Å². The van der Waals surface area contributed by atoms with Crippen LogP contribution in [0.4, 0.5) is 4.39 Å². The third-order valence-corrected chi connectivity index (χ3v) is 4.54. The molecule has 0 aliphatic heterocycles. The van der Waals surface area contributed by atoms with Crippen molar-refractivity contribution in [3.8, 4) is 5.75 Å². The Morgan fingerprint density at radius 3 is 2.41 bits per heavy atom. The number of hydrogen-bond donors (Lipinski definition) is 1. The van der Waals surface area contributed by atoms with E-state index in [-0.39, 0.29) is 36.7 Å².